The molecule has 5 aliphatic rings. The molecule has 4 aliphatic carbocycles. The molecule has 5 rings (SSSR count). The molecule has 1 aliphatic heterocycles. The molecule has 1 heterocycles. The van der Waals surface area contributed by atoms with Crippen LogP contribution in [0.5, 0.6) is 0 Å². The van der Waals surface area contributed by atoms with Gasteiger partial charge in [-0.05, 0) is 82.2 Å². The molecule has 1 N–H and O–H groups in total. The van der Waals surface area contributed by atoms with E-state index >= 15 is 0 Å². The normalized spacial score (nSPS) is 52.5. The number of hydrogen-bond donors (Lipinski definition) is 1. The average Bonchev–Trinajstić information content (AvgIpc) is 2.54. The summed E-state index contributed by atoms with van der Waals surface area (Å²) in [7, 11) is 0. The van der Waals surface area contributed by atoms with Crippen molar-refractivity contribution in [1.29, 1.82) is 0 Å². The maximum Gasteiger partial charge on any atom is 0.0195 e. The summed E-state index contributed by atoms with van der Waals surface area (Å²) in [6.45, 7) is 6.24. The molecule has 102 valence electrons. The van der Waals surface area contributed by atoms with Crippen molar-refractivity contribution in [2.45, 2.75) is 57.5 Å². The topological polar surface area (TPSA) is 15.3 Å². The van der Waals surface area contributed by atoms with Crippen molar-refractivity contribution in [1.82, 2.24) is 10.2 Å². The Bertz CT molecular complexity index is 286. The third-order valence-corrected chi connectivity index (χ3v) is 6.34. The lowest BCUT2D eigenvalue weighted by Gasteiger charge is -2.58. The van der Waals surface area contributed by atoms with Crippen LogP contribution in [0.25, 0.3) is 0 Å². The Kier molecular flexibility index (Phi) is 2.92. The van der Waals surface area contributed by atoms with E-state index in [0.29, 0.717) is 0 Å². The fourth-order valence-corrected chi connectivity index (χ4v) is 5.92. The summed E-state index contributed by atoms with van der Waals surface area (Å²) in [5, 5.41) is 3.61. The summed E-state index contributed by atoms with van der Waals surface area (Å²) in [6.07, 6.45) is 9.19. The van der Waals surface area contributed by atoms with Crippen LogP contribution in [0.4, 0.5) is 0 Å². The highest BCUT2D eigenvalue weighted by Crippen LogP contribution is 2.55. The van der Waals surface area contributed by atoms with E-state index in [4.69, 9.17) is 0 Å². The maximum absolute atomic E-state index is 3.61. The zero-order valence-corrected chi connectivity index (χ0v) is 11.8. The molecule has 5 fully saturated rings. The van der Waals surface area contributed by atoms with Crippen LogP contribution in [0.3, 0.4) is 0 Å². The summed E-state index contributed by atoms with van der Waals surface area (Å²) in [5.41, 5.74) is 0. The predicted octanol–water partition coefficient (Wildman–Crippen LogP) is 2.49. The van der Waals surface area contributed by atoms with E-state index < -0.39 is 0 Å². The highest BCUT2D eigenvalue weighted by Gasteiger charge is 2.50. The Labute approximate surface area is 111 Å². The number of hydrogen-bond acceptors (Lipinski definition) is 2. The molecule has 2 nitrogen and oxygen atoms in total. The zero-order valence-electron chi connectivity index (χ0n) is 11.8. The smallest absolute Gasteiger partial charge is 0.0195 e. The highest BCUT2D eigenvalue weighted by atomic mass is 15.2. The van der Waals surface area contributed by atoms with Gasteiger partial charge in [0, 0.05) is 18.6 Å². The second-order valence-corrected chi connectivity index (χ2v) is 7.57. The van der Waals surface area contributed by atoms with Gasteiger partial charge in [-0.2, -0.15) is 0 Å². The molecule has 0 aromatic rings. The summed E-state index contributed by atoms with van der Waals surface area (Å²) in [4.78, 5) is 2.91. The summed E-state index contributed by atoms with van der Waals surface area (Å²) >= 11 is 0. The summed E-state index contributed by atoms with van der Waals surface area (Å²) in [6, 6.07) is 1.71. The first-order valence-electron chi connectivity index (χ1n) is 8.27. The van der Waals surface area contributed by atoms with Gasteiger partial charge in [0.25, 0.3) is 0 Å². The fraction of sp³-hybridized carbons (Fsp3) is 1.00. The minimum absolute atomic E-state index is 0.759. The molecule has 1 saturated heterocycles. The van der Waals surface area contributed by atoms with Gasteiger partial charge in [0.05, 0.1) is 0 Å². The number of rotatable bonds is 1. The Balaban J connectivity index is 1.56. The van der Waals surface area contributed by atoms with E-state index in [1.165, 1.54) is 26.1 Å². The van der Waals surface area contributed by atoms with Crippen LogP contribution in [-0.2, 0) is 0 Å². The molecule has 1 atom stereocenters. The standard InChI is InChI=1S/C16H28N2/c1-11-10-17-3-2-4-18(11)16-14-6-12-5-13(8-14)9-15(16)7-12/h11-17H,2-10H2,1H3. The molecule has 4 saturated carbocycles. The molecule has 0 aromatic heterocycles. The largest absolute Gasteiger partial charge is 0.315 e. The van der Waals surface area contributed by atoms with Crippen molar-refractivity contribution in [2.24, 2.45) is 23.7 Å². The average molecular weight is 248 g/mol. The number of nitrogens with one attached hydrogen (secondary N) is 1. The molecule has 18 heavy (non-hydrogen) atoms. The van der Waals surface area contributed by atoms with Crippen molar-refractivity contribution < 1.29 is 0 Å². The molecule has 0 radical (unpaired) electrons. The van der Waals surface area contributed by atoms with Crippen molar-refractivity contribution in [3.63, 3.8) is 0 Å². The number of nitrogens with zero attached hydrogens (tertiary/aromatic N) is 1. The predicted molar refractivity (Wildman–Crippen MR) is 74.5 cm³/mol. The molecule has 2 heteroatoms. The summed E-state index contributed by atoms with van der Waals surface area (Å²) in [5.74, 6) is 4.34. The van der Waals surface area contributed by atoms with E-state index in [0.717, 1.165) is 35.8 Å². The Hall–Kier alpha value is -0.0800. The van der Waals surface area contributed by atoms with Gasteiger partial charge in [0.15, 0.2) is 0 Å². The van der Waals surface area contributed by atoms with Gasteiger partial charge in [-0.3, -0.25) is 4.90 Å². The van der Waals surface area contributed by atoms with Gasteiger partial charge in [0.1, 0.15) is 0 Å². The quantitative estimate of drug-likeness (QED) is 0.767. The van der Waals surface area contributed by atoms with E-state index in [1.807, 2.05) is 0 Å². The second-order valence-electron chi connectivity index (χ2n) is 7.57. The van der Waals surface area contributed by atoms with Crippen molar-refractivity contribution in [3.8, 4) is 0 Å². The van der Waals surface area contributed by atoms with Crippen LogP contribution < -0.4 is 5.32 Å². The molecule has 0 amide bonds. The molecule has 0 aromatic carbocycles. The fourth-order valence-electron chi connectivity index (χ4n) is 5.92. The van der Waals surface area contributed by atoms with Gasteiger partial charge in [0.2, 0.25) is 0 Å². The Morgan fingerprint density at radius 3 is 2.28 bits per heavy atom. The Morgan fingerprint density at radius 2 is 1.61 bits per heavy atom. The van der Waals surface area contributed by atoms with Crippen LogP contribution >= 0.6 is 0 Å². The summed E-state index contributed by atoms with van der Waals surface area (Å²) < 4.78 is 0. The van der Waals surface area contributed by atoms with E-state index in [2.05, 4.69) is 17.1 Å². The molecular weight excluding hydrogens is 220 g/mol. The third kappa shape index (κ3) is 1.84. The van der Waals surface area contributed by atoms with Gasteiger partial charge >= 0.3 is 0 Å². The van der Waals surface area contributed by atoms with Crippen LogP contribution in [0.1, 0.15) is 45.4 Å². The third-order valence-electron chi connectivity index (χ3n) is 6.34. The zero-order chi connectivity index (χ0) is 12.1. The van der Waals surface area contributed by atoms with E-state index in [-0.39, 0.29) is 0 Å². The first kappa shape index (κ1) is 11.7. The molecule has 0 spiro atoms. The monoisotopic (exact) mass is 248 g/mol. The van der Waals surface area contributed by atoms with Gasteiger partial charge < -0.3 is 5.32 Å². The molecular formula is C16H28N2. The van der Waals surface area contributed by atoms with Gasteiger partial charge in [-0.1, -0.05) is 0 Å². The lowest BCUT2D eigenvalue weighted by atomic mass is 9.53. The van der Waals surface area contributed by atoms with Crippen LogP contribution in [0.15, 0.2) is 0 Å². The van der Waals surface area contributed by atoms with Crippen molar-refractivity contribution in [2.75, 3.05) is 19.6 Å². The minimum atomic E-state index is 0.759. The Morgan fingerprint density at radius 1 is 0.944 bits per heavy atom. The van der Waals surface area contributed by atoms with Crippen LogP contribution in [0.2, 0.25) is 0 Å². The van der Waals surface area contributed by atoms with Crippen molar-refractivity contribution >= 4 is 0 Å². The highest BCUT2D eigenvalue weighted by molar-refractivity contribution is 5.03. The molecule has 1 unspecified atom stereocenters. The van der Waals surface area contributed by atoms with Crippen LogP contribution in [0, 0.1) is 23.7 Å². The SMILES string of the molecule is CC1CNCCCN1C1C2CC3CC(C2)CC1C3. The van der Waals surface area contributed by atoms with Gasteiger partial charge in [-0.15, -0.1) is 0 Å². The van der Waals surface area contributed by atoms with E-state index in [9.17, 15) is 0 Å². The first-order chi connectivity index (χ1) is 8.81. The van der Waals surface area contributed by atoms with E-state index in [1.54, 1.807) is 32.1 Å². The second kappa shape index (κ2) is 4.49. The maximum atomic E-state index is 3.61. The lowest BCUT2D eigenvalue weighted by Crippen LogP contribution is -2.58. The van der Waals surface area contributed by atoms with Crippen molar-refractivity contribution in [3.05, 3.63) is 0 Å². The van der Waals surface area contributed by atoms with Gasteiger partial charge in [-0.25, -0.2) is 0 Å². The van der Waals surface area contributed by atoms with Crippen LogP contribution in [-0.4, -0.2) is 36.6 Å². The first-order valence-corrected chi connectivity index (χ1v) is 8.27. The minimum Gasteiger partial charge on any atom is -0.315 e. The molecule has 4 bridgehead atoms. The lowest BCUT2D eigenvalue weighted by molar-refractivity contribution is -0.0743.